The lowest BCUT2D eigenvalue weighted by atomic mass is 10.2. The van der Waals surface area contributed by atoms with Gasteiger partial charge < -0.3 is 20.7 Å². The quantitative estimate of drug-likeness (QED) is 0.640. The lowest BCUT2D eigenvalue weighted by Gasteiger charge is -2.35. The SMILES string of the molecule is C[C@H]1CN(c2nc(Nc3ccccc3)nc(N)c2[N+](=O)[O-])C[C@H](C)O1. The Labute approximate surface area is 145 Å². The molecule has 1 aliphatic heterocycles. The Morgan fingerprint density at radius 3 is 2.48 bits per heavy atom. The van der Waals surface area contributed by atoms with Gasteiger partial charge in [0.05, 0.1) is 17.1 Å². The maximum absolute atomic E-state index is 11.5. The molecule has 1 saturated heterocycles. The molecule has 25 heavy (non-hydrogen) atoms. The van der Waals surface area contributed by atoms with Gasteiger partial charge in [-0.3, -0.25) is 10.1 Å². The zero-order chi connectivity index (χ0) is 18.0. The van der Waals surface area contributed by atoms with E-state index in [1.165, 1.54) is 0 Å². The number of nitro groups is 1. The van der Waals surface area contributed by atoms with E-state index >= 15 is 0 Å². The number of ether oxygens (including phenoxy) is 1. The number of benzene rings is 1. The van der Waals surface area contributed by atoms with E-state index in [1.54, 1.807) is 0 Å². The van der Waals surface area contributed by atoms with E-state index in [2.05, 4.69) is 15.3 Å². The Kier molecular flexibility index (Phi) is 4.66. The van der Waals surface area contributed by atoms with Crippen LogP contribution in [-0.4, -0.2) is 40.2 Å². The normalized spacial score (nSPS) is 20.3. The number of para-hydroxylation sites is 1. The first kappa shape index (κ1) is 16.9. The fourth-order valence-corrected chi connectivity index (χ4v) is 2.91. The highest BCUT2D eigenvalue weighted by atomic mass is 16.6. The third-order valence-corrected chi connectivity index (χ3v) is 3.82. The van der Waals surface area contributed by atoms with Crippen LogP contribution in [0, 0.1) is 10.1 Å². The van der Waals surface area contributed by atoms with Gasteiger partial charge in [0, 0.05) is 18.8 Å². The number of hydrogen-bond donors (Lipinski definition) is 2. The molecule has 0 spiro atoms. The molecular weight excluding hydrogens is 324 g/mol. The van der Waals surface area contributed by atoms with E-state index in [-0.39, 0.29) is 35.5 Å². The van der Waals surface area contributed by atoms with Crippen molar-refractivity contribution in [2.24, 2.45) is 0 Å². The number of anilines is 4. The lowest BCUT2D eigenvalue weighted by molar-refractivity contribution is -0.383. The van der Waals surface area contributed by atoms with Gasteiger partial charge in [0.2, 0.25) is 17.6 Å². The zero-order valence-corrected chi connectivity index (χ0v) is 14.0. The molecule has 0 radical (unpaired) electrons. The third-order valence-electron chi connectivity index (χ3n) is 3.82. The highest BCUT2D eigenvalue weighted by Gasteiger charge is 2.32. The summed E-state index contributed by atoms with van der Waals surface area (Å²) in [4.78, 5) is 21.2. The standard InChI is InChI=1S/C16H20N6O3/c1-10-8-21(9-11(2)25-10)15-13(22(23)24)14(17)19-16(20-15)18-12-6-4-3-5-7-12/h3-7,10-11H,8-9H2,1-2H3,(H3,17,18,19,20)/t10-,11-/m0/s1. The van der Waals surface area contributed by atoms with Crippen molar-refractivity contribution in [3.05, 3.63) is 40.4 Å². The molecule has 2 heterocycles. The van der Waals surface area contributed by atoms with Crippen LogP contribution < -0.4 is 16.0 Å². The predicted octanol–water partition coefficient (Wildman–Crippen LogP) is 2.32. The molecule has 2 aromatic rings. The molecule has 132 valence electrons. The van der Waals surface area contributed by atoms with E-state index in [9.17, 15) is 10.1 Å². The summed E-state index contributed by atoms with van der Waals surface area (Å²) in [6.07, 6.45) is -0.129. The molecule has 1 aromatic carbocycles. The van der Waals surface area contributed by atoms with Crippen LogP contribution in [0.5, 0.6) is 0 Å². The first-order valence-corrected chi connectivity index (χ1v) is 7.98. The fourth-order valence-electron chi connectivity index (χ4n) is 2.91. The van der Waals surface area contributed by atoms with Crippen LogP contribution in [0.4, 0.5) is 29.0 Å². The number of morpholine rings is 1. The molecule has 9 nitrogen and oxygen atoms in total. The van der Waals surface area contributed by atoms with Gasteiger partial charge in [0.15, 0.2) is 0 Å². The summed E-state index contributed by atoms with van der Waals surface area (Å²) in [6, 6.07) is 9.31. The number of aromatic nitrogens is 2. The molecule has 1 aliphatic rings. The number of nitrogens with one attached hydrogen (secondary N) is 1. The molecule has 2 atom stereocenters. The van der Waals surface area contributed by atoms with Crippen molar-refractivity contribution in [1.82, 2.24) is 9.97 Å². The Bertz CT molecular complexity index is 760. The van der Waals surface area contributed by atoms with E-state index in [4.69, 9.17) is 10.5 Å². The molecule has 0 bridgehead atoms. The summed E-state index contributed by atoms with van der Waals surface area (Å²) in [5.74, 6) is 0.259. The van der Waals surface area contributed by atoms with Crippen molar-refractivity contribution in [3.8, 4) is 0 Å². The minimum absolute atomic E-state index is 0.0647. The number of rotatable bonds is 4. The van der Waals surface area contributed by atoms with Crippen LogP contribution in [0.2, 0.25) is 0 Å². The molecule has 1 fully saturated rings. The van der Waals surface area contributed by atoms with Crippen molar-refractivity contribution in [3.63, 3.8) is 0 Å². The fraction of sp³-hybridized carbons (Fsp3) is 0.375. The van der Waals surface area contributed by atoms with Gasteiger partial charge in [0.1, 0.15) is 0 Å². The maximum Gasteiger partial charge on any atom is 0.353 e. The van der Waals surface area contributed by atoms with E-state index in [1.807, 2.05) is 49.1 Å². The molecule has 0 aliphatic carbocycles. The minimum atomic E-state index is -0.540. The number of hydrogen-bond acceptors (Lipinski definition) is 8. The second kappa shape index (κ2) is 6.89. The Morgan fingerprint density at radius 1 is 1.24 bits per heavy atom. The lowest BCUT2D eigenvalue weighted by Crippen LogP contribution is -2.46. The number of nitrogens with zero attached hydrogens (tertiary/aromatic N) is 4. The van der Waals surface area contributed by atoms with Crippen LogP contribution in [-0.2, 0) is 4.74 Å². The van der Waals surface area contributed by atoms with E-state index in [0.29, 0.717) is 13.1 Å². The van der Waals surface area contributed by atoms with Crippen LogP contribution in [0.15, 0.2) is 30.3 Å². The molecule has 0 saturated carbocycles. The first-order valence-electron chi connectivity index (χ1n) is 7.98. The number of nitrogen functional groups attached to an aromatic ring is 1. The average molecular weight is 344 g/mol. The van der Waals surface area contributed by atoms with E-state index in [0.717, 1.165) is 5.69 Å². The molecule has 0 amide bonds. The molecule has 0 unspecified atom stereocenters. The van der Waals surface area contributed by atoms with Gasteiger partial charge in [-0.2, -0.15) is 9.97 Å². The average Bonchev–Trinajstić information content (AvgIpc) is 2.54. The van der Waals surface area contributed by atoms with Crippen molar-refractivity contribution in [1.29, 1.82) is 0 Å². The smallest absolute Gasteiger partial charge is 0.353 e. The topological polar surface area (TPSA) is 119 Å². The molecule has 3 N–H and O–H groups in total. The third kappa shape index (κ3) is 3.77. The Morgan fingerprint density at radius 2 is 1.88 bits per heavy atom. The second-order valence-corrected chi connectivity index (χ2v) is 6.02. The van der Waals surface area contributed by atoms with Crippen LogP contribution in [0.25, 0.3) is 0 Å². The van der Waals surface area contributed by atoms with Crippen molar-refractivity contribution >= 4 is 29.0 Å². The van der Waals surface area contributed by atoms with Gasteiger partial charge in [-0.15, -0.1) is 0 Å². The van der Waals surface area contributed by atoms with E-state index < -0.39 is 4.92 Å². The largest absolute Gasteiger partial charge is 0.378 e. The molecule has 1 aromatic heterocycles. The number of nitrogens with two attached hydrogens (primary N) is 1. The van der Waals surface area contributed by atoms with Crippen molar-refractivity contribution < 1.29 is 9.66 Å². The van der Waals surface area contributed by atoms with Crippen LogP contribution in [0.1, 0.15) is 13.8 Å². The summed E-state index contributed by atoms with van der Waals surface area (Å²) in [5.41, 5.74) is 6.35. The Balaban J connectivity index is 2.00. The summed E-state index contributed by atoms with van der Waals surface area (Å²) in [6.45, 7) is 4.82. The van der Waals surface area contributed by atoms with Gasteiger partial charge in [-0.1, -0.05) is 18.2 Å². The summed E-state index contributed by atoms with van der Waals surface area (Å²) < 4.78 is 5.69. The summed E-state index contributed by atoms with van der Waals surface area (Å²) in [5, 5.41) is 14.5. The predicted molar refractivity (Wildman–Crippen MR) is 95.0 cm³/mol. The van der Waals surface area contributed by atoms with Crippen molar-refractivity contribution in [2.75, 3.05) is 29.0 Å². The molecule has 3 rings (SSSR count). The second-order valence-electron chi connectivity index (χ2n) is 6.02. The van der Waals surface area contributed by atoms with Crippen LogP contribution in [0.3, 0.4) is 0 Å². The van der Waals surface area contributed by atoms with Gasteiger partial charge in [-0.05, 0) is 26.0 Å². The maximum atomic E-state index is 11.5. The summed E-state index contributed by atoms with van der Waals surface area (Å²) >= 11 is 0. The monoisotopic (exact) mass is 344 g/mol. The van der Waals surface area contributed by atoms with Gasteiger partial charge in [0.25, 0.3) is 0 Å². The highest BCUT2D eigenvalue weighted by Crippen LogP contribution is 2.34. The first-order chi connectivity index (χ1) is 11.9. The zero-order valence-electron chi connectivity index (χ0n) is 14.0. The van der Waals surface area contributed by atoms with Gasteiger partial charge in [-0.25, -0.2) is 0 Å². The minimum Gasteiger partial charge on any atom is -0.378 e. The van der Waals surface area contributed by atoms with Crippen molar-refractivity contribution in [2.45, 2.75) is 26.1 Å². The molecule has 9 heteroatoms. The summed E-state index contributed by atoms with van der Waals surface area (Å²) in [7, 11) is 0. The Hall–Kier alpha value is -2.94. The van der Waals surface area contributed by atoms with Crippen LogP contribution >= 0.6 is 0 Å². The molecular formula is C16H20N6O3. The van der Waals surface area contributed by atoms with Gasteiger partial charge >= 0.3 is 5.69 Å². The highest BCUT2D eigenvalue weighted by molar-refractivity contribution is 5.72.